The molecule has 4 nitrogen and oxygen atoms in total. The molecule has 2 aromatic carbocycles. The number of hydrogen-bond donors (Lipinski definition) is 1. The van der Waals surface area contributed by atoms with Crippen molar-refractivity contribution < 1.29 is 0 Å². The van der Waals surface area contributed by atoms with Crippen molar-refractivity contribution in [1.82, 2.24) is 14.4 Å². The van der Waals surface area contributed by atoms with Crippen molar-refractivity contribution >= 4 is 22.6 Å². The minimum Gasteiger partial charge on any atom is -0.367 e. The topological polar surface area (TPSA) is 42.2 Å². The second-order valence-electron chi connectivity index (χ2n) is 5.36. The van der Waals surface area contributed by atoms with E-state index in [1.165, 1.54) is 5.56 Å². The summed E-state index contributed by atoms with van der Waals surface area (Å²) in [5.41, 5.74) is 4.23. The summed E-state index contributed by atoms with van der Waals surface area (Å²) in [4.78, 5) is 9.14. The highest BCUT2D eigenvalue weighted by Crippen LogP contribution is 2.21. The number of benzene rings is 2. The maximum absolute atomic E-state index is 4.60. The van der Waals surface area contributed by atoms with Gasteiger partial charge in [-0.05, 0) is 24.6 Å². The third-order valence-corrected chi connectivity index (χ3v) is 3.72. The van der Waals surface area contributed by atoms with Gasteiger partial charge in [-0.25, -0.2) is 9.97 Å². The fourth-order valence-corrected chi connectivity index (χ4v) is 2.70. The summed E-state index contributed by atoms with van der Waals surface area (Å²) in [6.07, 6.45) is 0. The molecule has 0 saturated heterocycles. The predicted molar refractivity (Wildman–Crippen MR) is 89.0 cm³/mol. The SMILES string of the molecule is Cc1cc(NCc2ccccc2)n2c(n1)nc1ccccc12. The number of nitrogens with one attached hydrogen (secondary N) is 1. The molecule has 0 amide bonds. The van der Waals surface area contributed by atoms with Crippen molar-refractivity contribution in [3.63, 3.8) is 0 Å². The van der Waals surface area contributed by atoms with Gasteiger partial charge < -0.3 is 5.32 Å². The molecule has 0 fully saturated rings. The number of anilines is 1. The largest absolute Gasteiger partial charge is 0.367 e. The van der Waals surface area contributed by atoms with E-state index in [1.54, 1.807) is 0 Å². The van der Waals surface area contributed by atoms with Crippen LogP contribution in [0.1, 0.15) is 11.3 Å². The molecular weight excluding hydrogens is 272 g/mol. The molecule has 0 bridgehead atoms. The summed E-state index contributed by atoms with van der Waals surface area (Å²) < 4.78 is 2.07. The Bertz CT molecular complexity index is 941. The molecule has 108 valence electrons. The van der Waals surface area contributed by atoms with Crippen molar-refractivity contribution in [2.24, 2.45) is 0 Å². The van der Waals surface area contributed by atoms with E-state index in [1.807, 2.05) is 31.2 Å². The molecule has 1 N–H and O–H groups in total. The number of imidazole rings is 1. The summed E-state index contributed by atoms with van der Waals surface area (Å²) in [6, 6.07) is 20.5. The van der Waals surface area contributed by atoms with E-state index in [2.05, 4.69) is 56.1 Å². The molecular formula is C18H16N4. The molecule has 4 rings (SSSR count). The van der Waals surface area contributed by atoms with Crippen LogP contribution in [0.3, 0.4) is 0 Å². The first-order valence-corrected chi connectivity index (χ1v) is 7.34. The van der Waals surface area contributed by atoms with Gasteiger partial charge in [0, 0.05) is 18.3 Å². The van der Waals surface area contributed by atoms with Gasteiger partial charge in [0.25, 0.3) is 0 Å². The van der Waals surface area contributed by atoms with Crippen LogP contribution in [0.4, 0.5) is 5.82 Å². The lowest BCUT2D eigenvalue weighted by Crippen LogP contribution is -2.05. The van der Waals surface area contributed by atoms with Crippen LogP contribution in [0.15, 0.2) is 60.7 Å². The highest BCUT2D eigenvalue weighted by atomic mass is 15.2. The molecule has 2 aromatic heterocycles. The fraction of sp³-hybridized carbons (Fsp3) is 0.111. The molecule has 0 aliphatic rings. The van der Waals surface area contributed by atoms with E-state index in [9.17, 15) is 0 Å². The summed E-state index contributed by atoms with van der Waals surface area (Å²) in [7, 11) is 0. The van der Waals surface area contributed by atoms with Crippen LogP contribution < -0.4 is 5.32 Å². The van der Waals surface area contributed by atoms with Crippen LogP contribution in [-0.2, 0) is 6.54 Å². The normalized spacial score (nSPS) is 11.1. The lowest BCUT2D eigenvalue weighted by atomic mass is 10.2. The van der Waals surface area contributed by atoms with Gasteiger partial charge in [0.15, 0.2) is 0 Å². The molecule has 0 atom stereocenters. The van der Waals surface area contributed by atoms with E-state index < -0.39 is 0 Å². The summed E-state index contributed by atoms with van der Waals surface area (Å²) >= 11 is 0. The van der Waals surface area contributed by atoms with Crippen molar-refractivity contribution in [2.75, 3.05) is 5.32 Å². The van der Waals surface area contributed by atoms with E-state index in [0.29, 0.717) is 0 Å². The Labute approximate surface area is 128 Å². The monoisotopic (exact) mass is 288 g/mol. The molecule has 4 heteroatoms. The highest BCUT2D eigenvalue weighted by Gasteiger charge is 2.09. The van der Waals surface area contributed by atoms with Crippen LogP contribution in [0.2, 0.25) is 0 Å². The molecule has 4 aromatic rings. The van der Waals surface area contributed by atoms with Crippen LogP contribution in [0.25, 0.3) is 16.8 Å². The third kappa shape index (κ3) is 2.19. The Kier molecular flexibility index (Phi) is 3.00. The standard InChI is InChI=1S/C18H16N4/c1-13-11-17(19-12-14-7-3-2-4-8-14)22-16-10-6-5-9-15(16)21-18(22)20-13/h2-11,19H,12H2,1H3. The van der Waals surface area contributed by atoms with Gasteiger partial charge in [-0.3, -0.25) is 4.40 Å². The lowest BCUT2D eigenvalue weighted by molar-refractivity contribution is 1.04. The van der Waals surface area contributed by atoms with Gasteiger partial charge in [0.2, 0.25) is 5.78 Å². The van der Waals surface area contributed by atoms with Crippen molar-refractivity contribution in [3.05, 3.63) is 71.9 Å². The molecule has 0 aliphatic carbocycles. The molecule has 22 heavy (non-hydrogen) atoms. The number of para-hydroxylation sites is 2. The Morgan fingerprint density at radius 1 is 0.955 bits per heavy atom. The molecule has 2 heterocycles. The summed E-state index contributed by atoms with van der Waals surface area (Å²) in [5, 5.41) is 3.51. The summed E-state index contributed by atoms with van der Waals surface area (Å²) in [6.45, 7) is 2.76. The zero-order chi connectivity index (χ0) is 14.9. The minimum absolute atomic E-state index is 0.733. The molecule has 0 aliphatic heterocycles. The third-order valence-electron chi connectivity index (χ3n) is 3.72. The predicted octanol–water partition coefficient (Wildman–Crippen LogP) is 3.80. The zero-order valence-electron chi connectivity index (χ0n) is 12.3. The average molecular weight is 288 g/mol. The number of aryl methyl sites for hydroxylation is 1. The minimum atomic E-state index is 0.733. The zero-order valence-corrected chi connectivity index (χ0v) is 12.3. The van der Waals surface area contributed by atoms with Gasteiger partial charge >= 0.3 is 0 Å². The van der Waals surface area contributed by atoms with E-state index in [0.717, 1.165) is 34.9 Å². The lowest BCUT2D eigenvalue weighted by Gasteiger charge is -2.10. The first-order valence-electron chi connectivity index (χ1n) is 7.34. The van der Waals surface area contributed by atoms with Gasteiger partial charge in [-0.2, -0.15) is 0 Å². The number of nitrogens with zero attached hydrogens (tertiary/aromatic N) is 3. The molecule has 0 saturated carbocycles. The molecule has 0 unspecified atom stereocenters. The van der Waals surface area contributed by atoms with E-state index >= 15 is 0 Å². The van der Waals surface area contributed by atoms with Crippen LogP contribution >= 0.6 is 0 Å². The molecule has 0 spiro atoms. The first-order chi connectivity index (χ1) is 10.8. The Morgan fingerprint density at radius 3 is 2.59 bits per heavy atom. The van der Waals surface area contributed by atoms with Crippen molar-refractivity contribution in [2.45, 2.75) is 13.5 Å². The van der Waals surface area contributed by atoms with Crippen LogP contribution in [0, 0.1) is 6.92 Å². The Morgan fingerprint density at radius 2 is 1.73 bits per heavy atom. The van der Waals surface area contributed by atoms with Crippen molar-refractivity contribution in [3.8, 4) is 0 Å². The number of hydrogen-bond acceptors (Lipinski definition) is 3. The number of fused-ring (bicyclic) bond motifs is 3. The quantitative estimate of drug-likeness (QED) is 0.623. The van der Waals surface area contributed by atoms with E-state index in [4.69, 9.17) is 0 Å². The maximum Gasteiger partial charge on any atom is 0.236 e. The van der Waals surface area contributed by atoms with Crippen LogP contribution in [-0.4, -0.2) is 14.4 Å². The first kappa shape index (κ1) is 12.8. The van der Waals surface area contributed by atoms with E-state index in [-0.39, 0.29) is 0 Å². The average Bonchev–Trinajstić information content (AvgIpc) is 2.91. The van der Waals surface area contributed by atoms with Gasteiger partial charge in [0.1, 0.15) is 5.82 Å². The number of aromatic nitrogens is 3. The highest BCUT2D eigenvalue weighted by molar-refractivity contribution is 5.81. The maximum atomic E-state index is 4.60. The van der Waals surface area contributed by atoms with Crippen molar-refractivity contribution in [1.29, 1.82) is 0 Å². The Balaban J connectivity index is 1.82. The summed E-state index contributed by atoms with van der Waals surface area (Å²) in [5.74, 6) is 1.75. The fourth-order valence-electron chi connectivity index (χ4n) is 2.70. The van der Waals surface area contributed by atoms with Gasteiger partial charge in [-0.1, -0.05) is 42.5 Å². The number of rotatable bonds is 3. The Hall–Kier alpha value is -2.88. The smallest absolute Gasteiger partial charge is 0.236 e. The second-order valence-corrected chi connectivity index (χ2v) is 5.36. The second kappa shape index (κ2) is 5.15. The van der Waals surface area contributed by atoms with Gasteiger partial charge in [0.05, 0.1) is 11.0 Å². The van der Waals surface area contributed by atoms with Crippen LogP contribution in [0.5, 0.6) is 0 Å². The van der Waals surface area contributed by atoms with Gasteiger partial charge in [-0.15, -0.1) is 0 Å². The molecule has 0 radical (unpaired) electrons.